The summed E-state index contributed by atoms with van der Waals surface area (Å²) in [6, 6.07) is 11.1. The lowest BCUT2D eigenvalue weighted by atomic mass is 10.3. The average molecular weight is 512 g/mol. The third kappa shape index (κ3) is 7.00. The summed E-state index contributed by atoms with van der Waals surface area (Å²) < 4.78 is 84.5. The van der Waals surface area contributed by atoms with Crippen LogP contribution in [0.1, 0.15) is 0 Å². The summed E-state index contributed by atoms with van der Waals surface area (Å²) in [5.41, 5.74) is 0.796. The number of rotatable bonds is 8. The molecule has 3 heterocycles. The molecule has 16 heteroatoms. The second kappa shape index (κ2) is 10.0. The van der Waals surface area contributed by atoms with Crippen molar-refractivity contribution in [3.8, 4) is 29.0 Å². The van der Waals surface area contributed by atoms with Crippen LogP contribution >= 0.6 is 0 Å². The molecule has 0 aliphatic carbocycles. The Balaban J connectivity index is 1.57. The van der Waals surface area contributed by atoms with E-state index >= 15 is 0 Å². The standard InChI is InChI=1S/C20H14F6N8O2/c21-19(22,23)9-28-17-31-14(32-18(33-17)29-12-4-2-1-3-5-12)15-30-16(36-34-15)11-6-7-13(27-8-11)35-10-20(24,25)26/h1-8H,9-10H2,(H2,28,29,31,32,33). The first-order valence-electron chi connectivity index (χ1n) is 9.93. The minimum Gasteiger partial charge on any atom is -0.468 e. The number of nitrogens with one attached hydrogen (secondary N) is 2. The molecule has 0 atom stereocenters. The molecule has 0 saturated heterocycles. The van der Waals surface area contributed by atoms with Gasteiger partial charge in [-0.15, -0.1) is 0 Å². The van der Waals surface area contributed by atoms with Gasteiger partial charge < -0.3 is 19.9 Å². The average Bonchev–Trinajstić information content (AvgIpc) is 3.32. The van der Waals surface area contributed by atoms with Crippen molar-refractivity contribution in [1.29, 1.82) is 0 Å². The number of halogens is 6. The summed E-state index contributed by atoms with van der Waals surface area (Å²) in [7, 11) is 0. The molecule has 3 aromatic heterocycles. The number of para-hydroxylation sites is 1. The van der Waals surface area contributed by atoms with E-state index in [1.807, 2.05) is 0 Å². The largest absolute Gasteiger partial charge is 0.468 e. The summed E-state index contributed by atoms with van der Waals surface area (Å²) >= 11 is 0. The molecule has 0 radical (unpaired) electrons. The van der Waals surface area contributed by atoms with Crippen LogP contribution in [0.4, 0.5) is 43.9 Å². The second-order valence-corrected chi connectivity index (χ2v) is 6.98. The maximum atomic E-state index is 12.7. The van der Waals surface area contributed by atoms with Crippen LogP contribution in [0, 0.1) is 0 Å². The molecule has 0 bridgehead atoms. The van der Waals surface area contributed by atoms with Crippen LogP contribution in [0.5, 0.6) is 5.88 Å². The summed E-state index contributed by atoms with van der Waals surface area (Å²) in [5.74, 6) is -1.24. The molecule has 0 aliphatic heterocycles. The summed E-state index contributed by atoms with van der Waals surface area (Å²) in [6.45, 7) is -2.90. The predicted octanol–water partition coefficient (Wildman–Crippen LogP) is 4.64. The van der Waals surface area contributed by atoms with Crippen LogP contribution in [0.25, 0.3) is 23.1 Å². The van der Waals surface area contributed by atoms with Gasteiger partial charge in [0.15, 0.2) is 6.61 Å². The SMILES string of the molecule is FC(F)(F)CNc1nc(Nc2ccccc2)nc(-c2noc(-c3ccc(OCC(F)(F)F)nc3)n2)n1. The Labute approximate surface area is 197 Å². The molecule has 0 saturated carbocycles. The number of aromatic nitrogens is 6. The van der Waals surface area contributed by atoms with Gasteiger partial charge in [-0.1, -0.05) is 23.4 Å². The van der Waals surface area contributed by atoms with Gasteiger partial charge in [-0.25, -0.2) is 4.98 Å². The fourth-order valence-corrected chi connectivity index (χ4v) is 2.62. The molecule has 1 aromatic carbocycles. The zero-order valence-electron chi connectivity index (χ0n) is 17.8. The highest BCUT2D eigenvalue weighted by atomic mass is 19.4. The first kappa shape index (κ1) is 24.6. The van der Waals surface area contributed by atoms with E-state index in [-0.39, 0.29) is 34.9 Å². The Morgan fingerprint density at radius 3 is 2.22 bits per heavy atom. The third-order valence-corrected chi connectivity index (χ3v) is 4.11. The maximum absolute atomic E-state index is 12.7. The minimum absolute atomic E-state index is 0.0879. The Morgan fingerprint density at radius 1 is 0.806 bits per heavy atom. The number of hydrogen-bond acceptors (Lipinski definition) is 10. The van der Waals surface area contributed by atoms with E-state index in [4.69, 9.17) is 4.52 Å². The van der Waals surface area contributed by atoms with Crippen LogP contribution in [-0.4, -0.2) is 55.6 Å². The van der Waals surface area contributed by atoms with Gasteiger partial charge in [0.05, 0.1) is 5.56 Å². The zero-order valence-corrected chi connectivity index (χ0v) is 17.8. The lowest BCUT2D eigenvalue weighted by Gasteiger charge is -2.10. The molecule has 0 spiro atoms. The first-order chi connectivity index (χ1) is 17.0. The van der Waals surface area contributed by atoms with E-state index in [1.54, 1.807) is 30.3 Å². The molecule has 0 fully saturated rings. The highest BCUT2D eigenvalue weighted by Crippen LogP contribution is 2.24. The molecule has 0 aliphatic rings. The highest BCUT2D eigenvalue weighted by molar-refractivity contribution is 5.59. The van der Waals surface area contributed by atoms with Crippen LogP contribution in [-0.2, 0) is 0 Å². The Hall–Kier alpha value is -4.50. The van der Waals surface area contributed by atoms with Crippen molar-refractivity contribution in [2.45, 2.75) is 12.4 Å². The molecule has 0 unspecified atom stereocenters. The van der Waals surface area contributed by atoms with Crippen molar-refractivity contribution >= 4 is 17.6 Å². The number of nitrogens with zero attached hydrogens (tertiary/aromatic N) is 6. The summed E-state index contributed by atoms with van der Waals surface area (Å²) in [6.07, 6.45) is -7.90. The van der Waals surface area contributed by atoms with Gasteiger partial charge in [0.25, 0.3) is 5.89 Å². The van der Waals surface area contributed by atoms with Gasteiger partial charge in [-0.05, 0) is 18.2 Å². The van der Waals surface area contributed by atoms with Crippen LogP contribution in [0.3, 0.4) is 0 Å². The smallest absolute Gasteiger partial charge is 0.422 e. The zero-order chi connectivity index (χ0) is 25.8. The molecule has 10 nitrogen and oxygen atoms in total. The van der Waals surface area contributed by atoms with Gasteiger partial charge >= 0.3 is 12.4 Å². The van der Waals surface area contributed by atoms with Crippen molar-refractivity contribution in [2.75, 3.05) is 23.8 Å². The van der Waals surface area contributed by atoms with Gasteiger partial charge in [0.1, 0.15) is 6.54 Å². The van der Waals surface area contributed by atoms with Gasteiger partial charge in [0.2, 0.25) is 29.4 Å². The highest BCUT2D eigenvalue weighted by Gasteiger charge is 2.29. The van der Waals surface area contributed by atoms with E-state index in [2.05, 4.69) is 45.4 Å². The predicted molar refractivity (Wildman–Crippen MR) is 112 cm³/mol. The molecule has 4 aromatic rings. The Bertz CT molecular complexity index is 1300. The molecule has 0 amide bonds. The summed E-state index contributed by atoms with van der Waals surface area (Å²) in [4.78, 5) is 19.8. The molecular formula is C20H14F6N8O2. The first-order valence-corrected chi connectivity index (χ1v) is 9.93. The second-order valence-electron chi connectivity index (χ2n) is 6.98. The van der Waals surface area contributed by atoms with E-state index in [0.29, 0.717) is 5.69 Å². The topological polar surface area (TPSA) is 124 Å². The number of ether oxygens (including phenoxy) is 1. The number of hydrogen-bond donors (Lipinski definition) is 2. The van der Waals surface area contributed by atoms with Gasteiger partial charge in [-0.2, -0.15) is 46.3 Å². The van der Waals surface area contributed by atoms with E-state index in [0.717, 1.165) is 6.20 Å². The normalized spacial score (nSPS) is 11.8. The van der Waals surface area contributed by atoms with Crippen molar-refractivity contribution in [2.24, 2.45) is 0 Å². The lowest BCUT2D eigenvalue weighted by molar-refractivity contribution is -0.154. The van der Waals surface area contributed by atoms with E-state index in [9.17, 15) is 26.3 Å². The number of alkyl halides is 6. The van der Waals surface area contributed by atoms with Crippen LogP contribution in [0.15, 0.2) is 53.2 Å². The number of anilines is 3. The molecule has 36 heavy (non-hydrogen) atoms. The van der Waals surface area contributed by atoms with Gasteiger partial charge in [0, 0.05) is 18.0 Å². The third-order valence-electron chi connectivity index (χ3n) is 4.11. The number of benzene rings is 1. The molecule has 4 rings (SSSR count). The van der Waals surface area contributed by atoms with E-state index in [1.165, 1.54) is 12.1 Å². The Kier molecular flexibility index (Phi) is 6.84. The molecule has 188 valence electrons. The van der Waals surface area contributed by atoms with Crippen molar-refractivity contribution in [3.63, 3.8) is 0 Å². The molecular weight excluding hydrogens is 498 g/mol. The van der Waals surface area contributed by atoms with E-state index < -0.39 is 31.5 Å². The maximum Gasteiger partial charge on any atom is 0.422 e. The Morgan fingerprint density at radius 2 is 1.56 bits per heavy atom. The monoisotopic (exact) mass is 512 g/mol. The van der Waals surface area contributed by atoms with Crippen molar-refractivity contribution in [1.82, 2.24) is 30.1 Å². The fourth-order valence-electron chi connectivity index (χ4n) is 2.62. The van der Waals surface area contributed by atoms with Crippen LogP contribution < -0.4 is 15.4 Å². The summed E-state index contributed by atoms with van der Waals surface area (Å²) in [5, 5.41) is 8.64. The minimum atomic E-state index is -4.53. The number of pyridine rings is 1. The fraction of sp³-hybridized carbons (Fsp3) is 0.200. The lowest BCUT2D eigenvalue weighted by Crippen LogP contribution is -2.22. The van der Waals surface area contributed by atoms with Crippen LogP contribution in [0.2, 0.25) is 0 Å². The van der Waals surface area contributed by atoms with Crippen molar-refractivity contribution < 1.29 is 35.6 Å². The molecule has 2 N–H and O–H groups in total. The van der Waals surface area contributed by atoms with Gasteiger partial charge in [-0.3, -0.25) is 0 Å². The van der Waals surface area contributed by atoms with Crippen molar-refractivity contribution in [3.05, 3.63) is 48.7 Å². The quantitative estimate of drug-likeness (QED) is 0.323.